The highest BCUT2D eigenvalue weighted by Gasteiger charge is 2.58. The van der Waals surface area contributed by atoms with Crippen molar-refractivity contribution in [2.24, 2.45) is 52.3 Å². The Morgan fingerprint density at radius 1 is 1.00 bits per heavy atom. The molecule has 1 radical (unpaired) electrons. The van der Waals surface area contributed by atoms with Crippen molar-refractivity contribution in [3.8, 4) is 0 Å². The molecular weight excluding hydrogens is 336 g/mol. The lowest BCUT2D eigenvalue weighted by atomic mass is 9.46. The van der Waals surface area contributed by atoms with Crippen molar-refractivity contribution in [1.82, 2.24) is 0 Å². The predicted octanol–water partition coefficient (Wildman–Crippen LogP) is 8.48. The van der Waals surface area contributed by atoms with Gasteiger partial charge in [-0.15, -0.1) is 0 Å². The molecule has 0 heteroatoms. The minimum Gasteiger partial charge on any atom is -0.0845 e. The molecule has 8 atom stereocenters. The van der Waals surface area contributed by atoms with Crippen LogP contribution < -0.4 is 0 Å². The minimum atomic E-state index is 0.513. The van der Waals surface area contributed by atoms with Gasteiger partial charge in [0.25, 0.3) is 0 Å². The Kier molecular flexibility index (Phi) is 5.83. The van der Waals surface area contributed by atoms with Crippen LogP contribution in [-0.4, -0.2) is 0 Å². The number of fused-ring (bicyclic) bond motifs is 5. The van der Waals surface area contributed by atoms with Crippen LogP contribution in [0.2, 0.25) is 0 Å². The summed E-state index contributed by atoms with van der Waals surface area (Å²) >= 11 is 0. The van der Waals surface area contributed by atoms with Gasteiger partial charge < -0.3 is 0 Å². The predicted molar refractivity (Wildman–Crippen MR) is 122 cm³/mol. The summed E-state index contributed by atoms with van der Waals surface area (Å²) in [7, 11) is 0. The number of hydrogen-bond donors (Lipinski definition) is 0. The molecule has 0 bridgehead atoms. The fourth-order valence-corrected chi connectivity index (χ4v) is 8.76. The van der Waals surface area contributed by atoms with E-state index in [-0.39, 0.29) is 0 Å². The largest absolute Gasteiger partial charge is 0.0845 e. The lowest BCUT2D eigenvalue weighted by Gasteiger charge is -2.58. The third-order valence-corrected chi connectivity index (χ3v) is 10.4. The molecule has 0 aromatic heterocycles. The summed E-state index contributed by atoms with van der Waals surface area (Å²) < 4.78 is 0. The molecule has 159 valence electrons. The maximum Gasteiger partial charge on any atom is -0.00851 e. The Bertz CT molecular complexity index is 585. The Hall–Kier alpha value is -0.260. The maximum atomic E-state index is 4.41. The van der Waals surface area contributed by atoms with E-state index in [9.17, 15) is 0 Å². The lowest BCUT2D eigenvalue weighted by molar-refractivity contribution is -0.0517. The normalized spacial score (nSPS) is 46.5. The number of allylic oxidation sites excluding steroid dienone is 2. The van der Waals surface area contributed by atoms with Crippen LogP contribution in [0.15, 0.2) is 11.6 Å². The zero-order valence-corrected chi connectivity index (χ0v) is 19.6. The van der Waals surface area contributed by atoms with Crippen molar-refractivity contribution >= 4 is 0 Å². The van der Waals surface area contributed by atoms with Crippen LogP contribution in [0.5, 0.6) is 0 Å². The number of rotatable bonds is 5. The van der Waals surface area contributed by atoms with Crippen LogP contribution in [0.25, 0.3) is 0 Å². The summed E-state index contributed by atoms with van der Waals surface area (Å²) in [4.78, 5) is 0. The van der Waals surface area contributed by atoms with Gasteiger partial charge in [-0.25, -0.2) is 0 Å². The van der Waals surface area contributed by atoms with Crippen molar-refractivity contribution in [3.63, 3.8) is 0 Å². The molecule has 0 nitrogen and oxygen atoms in total. The van der Waals surface area contributed by atoms with E-state index in [0.717, 1.165) is 35.5 Å². The summed E-state index contributed by atoms with van der Waals surface area (Å²) in [5.41, 5.74) is 2.95. The van der Waals surface area contributed by atoms with Crippen LogP contribution in [0, 0.1) is 59.2 Å². The monoisotopic (exact) mass is 383 g/mol. The van der Waals surface area contributed by atoms with Crippen LogP contribution in [0.1, 0.15) is 105 Å². The summed E-state index contributed by atoms with van der Waals surface area (Å²) in [6.07, 6.45) is 18.5. The van der Waals surface area contributed by atoms with Crippen molar-refractivity contribution in [2.45, 2.75) is 105 Å². The van der Waals surface area contributed by atoms with E-state index in [0.29, 0.717) is 16.7 Å². The average Bonchev–Trinajstić information content (AvgIpc) is 2.99. The summed E-state index contributed by atoms with van der Waals surface area (Å²) in [6.45, 7) is 17.1. The molecule has 0 aliphatic heterocycles. The average molecular weight is 384 g/mol. The lowest BCUT2D eigenvalue weighted by Crippen LogP contribution is -2.50. The molecule has 4 aliphatic rings. The van der Waals surface area contributed by atoms with E-state index < -0.39 is 0 Å². The van der Waals surface area contributed by atoms with Gasteiger partial charge >= 0.3 is 0 Å². The van der Waals surface area contributed by atoms with E-state index in [1.54, 1.807) is 5.57 Å². The van der Waals surface area contributed by atoms with E-state index in [1.807, 2.05) is 0 Å². The van der Waals surface area contributed by atoms with Crippen molar-refractivity contribution in [3.05, 3.63) is 18.6 Å². The molecule has 0 heterocycles. The topological polar surface area (TPSA) is 0 Å². The summed E-state index contributed by atoms with van der Waals surface area (Å²) in [5.74, 6) is 6.39. The van der Waals surface area contributed by atoms with Crippen molar-refractivity contribution in [1.29, 1.82) is 0 Å². The smallest absolute Gasteiger partial charge is 0.00851 e. The third-order valence-electron chi connectivity index (χ3n) is 10.4. The Morgan fingerprint density at radius 2 is 1.79 bits per heavy atom. The molecule has 0 saturated heterocycles. The van der Waals surface area contributed by atoms with Gasteiger partial charge in [-0.2, -0.15) is 0 Å². The second-order valence-corrected chi connectivity index (χ2v) is 12.4. The molecule has 4 rings (SSSR count). The second kappa shape index (κ2) is 7.77. The van der Waals surface area contributed by atoms with E-state index >= 15 is 0 Å². The van der Waals surface area contributed by atoms with Gasteiger partial charge in [0, 0.05) is 0 Å². The maximum absolute atomic E-state index is 4.41. The molecule has 0 aromatic carbocycles. The van der Waals surface area contributed by atoms with Gasteiger partial charge in [-0.1, -0.05) is 65.5 Å². The first-order chi connectivity index (χ1) is 13.3. The first-order valence-corrected chi connectivity index (χ1v) is 12.8. The van der Waals surface area contributed by atoms with Gasteiger partial charge in [0.15, 0.2) is 0 Å². The zero-order chi connectivity index (χ0) is 20.1. The van der Waals surface area contributed by atoms with Gasteiger partial charge in [-0.3, -0.25) is 0 Å². The Morgan fingerprint density at radius 3 is 2.54 bits per heavy atom. The fourth-order valence-electron chi connectivity index (χ4n) is 8.76. The fraction of sp³-hybridized carbons (Fsp3) is 0.893. The van der Waals surface area contributed by atoms with Crippen LogP contribution in [0.3, 0.4) is 0 Å². The molecular formula is C28H47. The Balaban J connectivity index is 1.49. The first kappa shape index (κ1) is 21.0. The van der Waals surface area contributed by atoms with Gasteiger partial charge in [0.2, 0.25) is 0 Å². The molecule has 28 heavy (non-hydrogen) atoms. The molecule has 4 unspecified atom stereocenters. The number of hydrogen-bond acceptors (Lipinski definition) is 0. The Labute approximate surface area is 176 Å². The molecule has 4 aliphatic carbocycles. The van der Waals surface area contributed by atoms with Gasteiger partial charge in [-0.05, 0) is 111 Å². The molecule has 3 fully saturated rings. The molecule has 0 N–H and O–H groups in total. The SMILES string of the molecule is [CH2]C1CC[C@@]2(C)C(=CCC3C2CC[C@@]2(C)C3CC[C@@H]2[C@H](C)CCCC(C)C)C1. The zero-order valence-electron chi connectivity index (χ0n) is 19.6. The first-order valence-electron chi connectivity index (χ1n) is 12.8. The van der Waals surface area contributed by atoms with E-state index in [4.69, 9.17) is 0 Å². The van der Waals surface area contributed by atoms with Crippen molar-refractivity contribution < 1.29 is 0 Å². The third kappa shape index (κ3) is 3.43. The van der Waals surface area contributed by atoms with Gasteiger partial charge in [0.1, 0.15) is 0 Å². The molecule has 0 amide bonds. The van der Waals surface area contributed by atoms with Crippen LogP contribution in [-0.2, 0) is 0 Å². The summed E-state index contributed by atoms with van der Waals surface area (Å²) in [5, 5.41) is 0. The molecule has 0 spiro atoms. The van der Waals surface area contributed by atoms with E-state index in [1.165, 1.54) is 70.6 Å². The second-order valence-electron chi connectivity index (χ2n) is 12.4. The van der Waals surface area contributed by atoms with E-state index in [2.05, 4.69) is 47.6 Å². The van der Waals surface area contributed by atoms with Crippen molar-refractivity contribution in [2.75, 3.05) is 0 Å². The summed E-state index contributed by atoms with van der Waals surface area (Å²) in [6, 6.07) is 0. The molecule has 0 aromatic rings. The highest BCUT2D eigenvalue weighted by molar-refractivity contribution is 5.25. The minimum absolute atomic E-state index is 0.513. The highest BCUT2D eigenvalue weighted by atomic mass is 14.6. The van der Waals surface area contributed by atoms with Crippen LogP contribution >= 0.6 is 0 Å². The van der Waals surface area contributed by atoms with Gasteiger partial charge in [0.05, 0.1) is 0 Å². The van der Waals surface area contributed by atoms with Crippen LogP contribution in [0.4, 0.5) is 0 Å². The molecule has 3 saturated carbocycles. The quantitative estimate of drug-likeness (QED) is 0.417. The highest BCUT2D eigenvalue weighted by Crippen LogP contribution is 2.67. The standard InChI is InChI=1S/C28H47/c1-19(2)8-7-9-21(4)24-12-13-25-23-11-10-22-18-20(3)14-16-27(22,5)26(23)15-17-28(24,25)6/h10,19-21,23-26H,3,7-9,11-18H2,1-2,4-6H3/t20?,21-,23?,24-,25?,26?,27+,28-/m1/s1.